The second-order valence-corrected chi connectivity index (χ2v) is 15.6. The zero-order chi connectivity index (χ0) is 39.1. The molecular formula is C42H78NO9P. The van der Waals surface area contributed by atoms with E-state index in [0.717, 1.165) is 64.2 Å². The first-order valence-corrected chi connectivity index (χ1v) is 22.5. The molecule has 3 unspecified atom stereocenters. The highest BCUT2D eigenvalue weighted by Gasteiger charge is 2.27. The van der Waals surface area contributed by atoms with Crippen LogP contribution < -0.4 is 5.73 Å². The number of rotatable bonds is 40. The van der Waals surface area contributed by atoms with Gasteiger partial charge in [-0.1, -0.05) is 147 Å². The Kier molecular flexibility index (Phi) is 37.2. The van der Waals surface area contributed by atoms with Crippen LogP contribution in [-0.4, -0.2) is 60.5 Å². The number of carbonyl (C=O) groups is 2. The zero-order valence-corrected chi connectivity index (χ0v) is 34.5. The molecular weight excluding hydrogens is 693 g/mol. The molecule has 0 aromatic rings. The van der Waals surface area contributed by atoms with Crippen molar-refractivity contribution in [1.82, 2.24) is 0 Å². The average molecular weight is 772 g/mol. The monoisotopic (exact) mass is 772 g/mol. The number of hydrogen-bond donors (Lipinski definition) is 3. The molecule has 0 bridgehead atoms. The van der Waals surface area contributed by atoms with Crippen LogP contribution in [0.3, 0.4) is 0 Å². The summed E-state index contributed by atoms with van der Waals surface area (Å²) in [6.07, 6.45) is 41.9. The maximum Gasteiger partial charge on any atom is 0.472 e. The number of carboxylic acid groups (broad SMARTS) is 1. The molecule has 0 heterocycles. The van der Waals surface area contributed by atoms with Crippen LogP contribution in [0, 0.1) is 0 Å². The summed E-state index contributed by atoms with van der Waals surface area (Å²) in [6.45, 7) is 3.80. The highest BCUT2D eigenvalue weighted by Crippen LogP contribution is 2.43. The topological polar surface area (TPSA) is 155 Å². The van der Waals surface area contributed by atoms with Crippen LogP contribution >= 0.6 is 7.82 Å². The minimum atomic E-state index is -4.62. The van der Waals surface area contributed by atoms with Crippen molar-refractivity contribution in [2.24, 2.45) is 5.73 Å². The van der Waals surface area contributed by atoms with Gasteiger partial charge in [-0.2, -0.15) is 0 Å². The summed E-state index contributed by atoms with van der Waals surface area (Å²) in [7, 11) is -4.62. The molecule has 0 aromatic carbocycles. The molecule has 0 amide bonds. The first-order chi connectivity index (χ1) is 25.7. The molecule has 4 N–H and O–H groups in total. The summed E-state index contributed by atoms with van der Waals surface area (Å²) < 4.78 is 33.3. The molecule has 310 valence electrons. The van der Waals surface area contributed by atoms with E-state index in [-0.39, 0.29) is 13.0 Å². The number of phosphoric ester groups is 1. The normalized spacial score (nSPS) is 14.3. The predicted molar refractivity (Wildman–Crippen MR) is 217 cm³/mol. The van der Waals surface area contributed by atoms with Crippen molar-refractivity contribution in [3.63, 3.8) is 0 Å². The molecule has 0 saturated heterocycles. The smallest absolute Gasteiger partial charge is 0.472 e. The van der Waals surface area contributed by atoms with E-state index in [0.29, 0.717) is 13.0 Å². The van der Waals surface area contributed by atoms with E-state index in [1.165, 1.54) is 89.9 Å². The predicted octanol–water partition coefficient (Wildman–Crippen LogP) is 11.3. The van der Waals surface area contributed by atoms with Crippen LogP contribution in [0.5, 0.6) is 0 Å². The second-order valence-electron chi connectivity index (χ2n) is 14.1. The maximum atomic E-state index is 12.6. The van der Waals surface area contributed by atoms with E-state index in [4.69, 9.17) is 29.4 Å². The number of nitrogens with two attached hydrogens (primary N) is 1. The number of hydrogen-bond acceptors (Lipinski definition) is 8. The van der Waals surface area contributed by atoms with Gasteiger partial charge in [0, 0.05) is 13.0 Å². The Balaban J connectivity index is 4.29. The molecule has 53 heavy (non-hydrogen) atoms. The Morgan fingerprint density at radius 1 is 0.604 bits per heavy atom. The highest BCUT2D eigenvalue weighted by molar-refractivity contribution is 7.47. The molecule has 10 nitrogen and oxygen atoms in total. The van der Waals surface area contributed by atoms with Gasteiger partial charge < -0.3 is 25.2 Å². The van der Waals surface area contributed by atoms with Gasteiger partial charge in [0.05, 0.1) is 19.8 Å². The van der Waals surface area contributed by atoms with Gasteiger partial charge in [-0.05, 0) is 64.2 Å². The molecule has 0 spiro atoms. The standard InChI is InChI=1S/C42H78NO9P/c1-3-5-7-9-11-13-15-17-19-20-22-24-26-28-30-32-34-41(44)52-39(37-50-53(47,48)51-38-40(43)42(45)46)36-49-35-33-31-29-27-25-23-21-18-16-14-12-10-8-6-4-2/h10,12,16,18-20,39-40H,3-9,11,13-15,17,21-38,43H2,1-2H3,(H,45,46)(H,47,48)/b12-10-,18-16-,20-19-. The van der Waals surface area contributed by atoms with E-state index in [1.807, 2.05) is 0 Å². The van der Waals surface area contributed by atoms with E-state index in [9.17, 15) is 19.0 Å². The van der Waals surface area contributed by atoms with Crippen molar-refractivity contribution in [3.05, 3.63) is 36.5 Å². The molecule has 0 radical (unpaired) electrons. The van der Waals surface area contributed by atoms with E-state index in [2.05, 4.69) is 50.3 Å². The van der Waals surface area contributed by atoms with Crippen molar-refractivity contribution >= 4 is 19.8 Å². The van der Waals surface area contributed by atoms with Crippen LogP contribution in [-0.2, 0) is 32.7 Å². The lowest BCUT2D eigenvalue weighted by Gasteiger charge is -2.20. The molecule has 0 fully saturated rings. The number of carbonyl (C=O) groups excluding carboxylic acids is 1. The fourth-order valence-electron chi connectivity index (χ4n) is 5.56. The molecule has 3 atom stereocenters. The minimum Gasteiger partial charge on any atom is -0.480 e. The van der Waals surface area contributed by atoms with Crippen LogP contribution in [0.25, 0.3) is 0 Å². The Labute approximate surface area is 323 Å². The van der Waals surface area contributed by atoms with Crippen LogP contribution in [0.1, 0.15) is 181 Å². The minimum absolute atomic E-state index is 0.00693. The Morgan fingerprint density at radius 2 is 1.06 bits per heavy atom. The van der Waals surface area contributed by atoms with Crippen LogP contribution in [0.15, 0.2) is 36.5 Å². The van der Waals surface area contributed by atoms with Gasteiger partial charge in [0.1, 0.15) is 12.1 Å². The maximum absolute atomic E-state index is 12.6. The fraction of sp³-hybridized carbons (Fsp3) is 0.810. The highest BCUT2D eigenvalue weighted by atomic mass is 31.2. The summed E-state index contributed by atoms with van der Waals surface area (Å²) in [4.78, 5) is 33.5. The third kappa shape index (κ3) is 38.3. The Bertz CT molecular complexity index is 988. The van der Waals surface area contributed by atoms with E-state index in [1.54, 1.807) is 0 Å². The number of allylic oxidation sites excluding steroid dienone is 6. The van der Waals surface area contributed by atoms with Crippen molar-refractivity contribution in [1.29, 1.82) is 0 Å². The molecule has 0 aromatic heterocycles. The second kappa shape index (κ2) is 38.5. The van der Waals surface area contributed by atoms with Gasteiger partial charge in [-0.3, -0.25) is 18.6 Å². The molecule has 0 rings (SSSR count). The third-order valence-corrected chi connectivity index (χ3v) is 9.84. The number of ether oxygens (including phenoxy) is 2. The number of unbranched alkanes of at least 4 members (excludes halogenated alkanes) is 20. The summed E-state index contributed by atoms with van der Waals surface area (Å²) in [6, 6.07) is -1.48. The largest absolute Gasteiger partial charge is 0.480 e. The summed E-state index contributed by atoms with van der Waals surface area (Å²) in [5.74, 6) is -1.79. The van der Waals surface area contributed by atoms with Gasteiger partial charge in [0.2, 0.25) is 0 Å². The lowest BCUT2D eigenvalue weighted by atomic mass is 10.1. The quantitative estimate of drug-likeness (QED) is 0.0237. The number of esters is 1. The van der Waals surface area contributed by atoms with Gasteiger partial charge in [0.25, 0.3) is 0 Å². The fourth-order valence-corrected chi connectivity index (χ4v) is 6.33. The van der Waals surface area contributed by atoms with Crippen LogP contribution in [0.4, 0.5) is 0 Å². The lowest BCUT2D eigenvalue weighted by Crippen LogP contribution is -2.34. The Hall–Kier alpha value is -1.81. The molecule has 0 aliphatic heterocycles. The number of phosphoric acid groups is 1. The van der Waals surface area contributed by atoms with Crippen LogP contribution in [0.2, 0.25) is 0 Å². The Morgan fingerprint density at radius 3 is 1.60 bits per heavy atom. The van der Waals surface area contributed by atoms with Gasteiger partial charge in [0.15, 0.2) is 0 Å². The van der Waals surface area contributed by atoms with Crippen molar-refractivity contribution in [3.8, 4) is 0 Å². The van der Waals surface area contributed by atoms with Crippen molar-refractivity contribution in [2.45, 2.75) is 193 Å². The van der Waals surface area contributed by atoms with Gasteiger partial charge in [-0.15, -0.1) is 0 Å². The number of aliphatic carboxylic acids is 1. The lowest BCUT2D eigenvalue weighted by molar-refractivity contribution is -0.154. The van der Waals surface area contributed by atoms with Gasteiger partial charge in [-0.25, -0.2) is 4.57 Å². The molecule has 0 aliphatic carbocycles. The summed E-state index contributed by atoms with van der Waals surface area (Å²) in [5, 5.41) is 8.88. The zero-order valence-electron chi connectivity index (χ0n) is 33.6. The molecule has 11 heteroatoms. The van der Waals surface area contributed by atoms with Crippen molar-refractivity contribution < 1.29 is 42.7 Å². The molecule has 0 saturated carbocycles. The van der Waals surface area contributed by atoms with Gasteiger partial charge >= 0.3 is 19.8 Å². The first-order valence-electron chi connectivity index (χ1n) is 21.0. The molecule has 0 aliphatic rings. The third-order valence-electron chi connectivity index (χ3n) is 8.89. The van der Waals surface area contributed by atoms with E-state index < -0.39 is 45.1 Å². The SMILES string of the molecule is CCCC/C=C\C/C=C\CCCCCCCCOCC(COP(=O)(O)OCC(N)C(=O)O)OC(=O)CCCCCCC/C=C\CCCCCCCCC. The summed E-state index contributed by atoms with van der Waals surface area (Å²) in [5.41, 5.74) is 5.35. The van der Waals surface area contributed by atoms with E-state index >= 15 is 0 Å². The average Bonchev–Trinajstić information content (AvgIpc) is 3.13. The van der Waals surface area contributed by atoms with Crippen molar-refractivity contribution in [2.75, 3.05) is 26.4 Å². The first kappa shape index (κ1) is 51.2. The summed E-state index contributed by atoms with van der Waals surface area (Å²) >= 11 is 0. The number of carboxylic acids is 1.